The van der Waals surface area contributed by atoms with E-state index in [1.165, 1.54) is 10.9 Å². The Morgan fingerprint density at radius 1 is 1.38 bits per heavy atom. The van der Waals surface area contributed by atoms with Gasteiger partial charge in [0.1, 0.15) is 27.8 Å². The van der Waals surface area contributed by atoms with Gasteiger partial charge in [0.05, 0.1) is 12.8 Å². The summed E-state index contributed by atoms with van der Waals surface area (Å²) in [5.41, 5.74) is 0.975. The number of rotatable bonds is 3. The van der Waals surface area contributed by atoms with Crippen LogP contribution in [0.25, 0.3) is 22.7 Å². The Labute approximate surface area is 143 Å². The summed E-state index contributed by atoms with van der Waals surface area (Å²) in [5, 5.41) is 4.60. The minimum atomic E-state index is -0.193. The highest BCUT2D eigenvalue weighted by molar-refractivity contribution is 9.10. The van der Waals surface area contributed by atoms with Crippen molar-refractivity contribution in [3.05, 3.63) is 51.1 Å². The highest BCUT2D eigenvalue weighted by Gasteiger charge is 2.17. The second kappa shape index (κ2) is 5.45. The monoisotopic (exact) mass is 389 g/mol. The van der Waals surface area contributed by atoms with Crippen LogP contribution in [-0.4, -0.2) is 24.3 Å². The number of hydrogen-bond acceptors (Lipinski definition) is 6. The smallest absolute Gasteiger partial charge is 0.266 e. The Morgan fingerprint density at radius 3 is 2.96 bits per heavy atom. The molecule has 0 saturated heterocycles. The Kier molecular flexibility index (Phi) is 3.38. The quantitative estimate of drug-likeness (QED) is 0.534. The van der Waals surface area contributed by atoms with Crippen LogP contribution in [0.3, 0.4) is 0 Å². The molecule has 9 heteroatoms. The van der Waals surface area contributed by atoms with Crippen LogP contribution in [0.15, 0.2) is 43.0 Å². The highest BCUT2D eigenvalue weighted by Crippen LogP contribution is 2.22. The van der Waals surface area contributed by atoms with Crippen LogP contribution < -0.4 is 5.56 Å². The minimum Gasteiger partial charge on any atom is -0.459 e. The summed E-state index contributed by atoms with van der Waals surface area (Å²) in [4.78, 5) is 21.4. The Balaban J connectivity index is 1.76. The fraction of sp³-hybridized carbons (Fsp3) is 0.200. The van der Waals surface area contributed by atoms with Crippen LogP contribution >= 0.6 is 15.9 Å². The predicted octanol–water partition coefficient (Wildman–Crippen LogP) is 2.50. The van der Waals surface area contributed by atoms with Crippen LogP contribution in [0.5, 0.6) is 0 Å². The maximum atomic E-state index is 12.7. The van der Waals surface area contributed by atoms with Crippen molar-refractivity contribution in [2.45, 2.75) is 13.5 Å². The molecule has 0 bridgehead atoms. The zero-order valence-corrected chi connectivity index (χ0v) is 14.4. The number of furan rings is 1. The van der Waals surface area contributed by atoms with Gasteiger partial charge < -0.3 is 8.83 Å². The molecule has 0 fully saturated rings. The maximum absolute atomic E-state index is 12.7. The molecule has 4 aromatic heterocycles. The van der Waals surface area contributed by atoms with Crippen LogP contribution in [0.2, 0.25) is 0 Å². The zero-order valence-electron chi connectivity index (χ0n) is 12.9. The molecule has 0 aliphatic heterocycles. The molecule has 0 aliphatic rings. The first-order valence-corrected chi connectivity index (χ1v) is 7.91. The van der Waals surface area contributed by atoms with Gasteiger partial charge in [-0.15, -0.1) is 0 Å². The first-order chi connectivity index (χ1) is 11.5. The fourth-order valence-electron chi connectivity index (χ4n) is 2.49. The van der Waals surface area contributed by atoms with Gasteiger partial charge in [-0.3, -0.25) is 9.36 Å². The molecule has 4 rings (SSSR count). The molecule has 0 aromatic carbocycles. The predicted molar refractivity (Wildman–Crippen MR) is 88.5 cm³/mol. The van der Waals surface area contributed by atoms with E-state index in [2.05, 4.69) is 31.0 Å². The summed E-state index contributed by atoms with van der Waals surface area (Å²) in [6, 6.07) is 3.53. The Bertz CT molecular complexity index is 1090. The number of aromatic nitrogens is 5. The van der Waals surface area contributed by atoms with Crippen molar-refractivity contribution < 1.29 is 8.83 Å². The number of aryl methyl sites for hydroxylation is 2. The SMILES string of the molecule is Cc1oc(-c2ccco2)nc1Cn1cnc2c(c(Br)nn2C)c1=O. The van der Waals surface area contributed by atoms with E-state index in [4.69, 9.17) is 8.83 Å². The summed E-state index contributed by atoms with van der Waals surface area (Å²) >= 11 is 3.30. The first kappa shape index (κ1) is 14.9. The van der Waals surface area contributed by atoms with E-state index in [1.807, 2.05) is 0 Å². The van der Waals surface area contributed by atoms with Gasteiger partial charge in [-0.1, -0.05) is 0 Å². The molecule has 8 nitrogen and oxygen atoms in total. The van der Waals surface area contributed by atoms with E-state index in [-0.39, 0.29) is 12.1 Å². The summed E-state index contributed by atoms with van der Waals surface area (Å²) in [5.74, 6) is 1.55. The largest absolute Gasteiger partial charge is 0.459 e. The maximum Gasteiger partial charge on any atom is 0.266 e. The van der Waals surface area contributed by atoms with E-state index in [1.54, 1.807) is 37.0 Å². The topological polar surface area (TPSA) is 91.9 Å². The molecule has 0 atom stereocenters. The number of oxazole rings is 1. The minimum absolute atomic E-state index is 0.193. The Hall–Kier alpha value is -2.68. The van der Waals surface area contributed by atoms with Crippen molar-refractivity contribution in [3.8, 4) is 11.7 Å². The molecule has 0 aliphatic carbocycles. The molecule has 0 amide bonds. The molecule has 0 N–H and O–H groups in total. The lowest BCUT2D eigenvalue weighted by Crippen LogP contribution is -2.21. The van der Waals surface area contributed by atoms with Crippen molar-refractivity contribution >= 4 is 27.0 Å². The summed E-state index contributed by atoms with van der Waals surface area (Å²) in [6.45, 7) is 2.05. The lowest BCUT2D eigenvalue weighted by Gasteiger charge is -2.03. The fourth-order valence-corrected chi connectivity index (χ4v) is 3.07. The average Bonchev–Trinajstić information content (AvgIpc) is 3.24. The van der Waals surface area contributed by atoms with E-state index >= 15 is 0 Å². The third kappa shape index (κ3) is 2.28. The summed E-state index contributed by atoms with van der Waals surface area (Å²) < 4.78 is 14.4. The van der Waals surface area contributed by atoms with E-state index in [0.717, 1.165) is 0 Å². The lowest BCUT2D eigenvalue weighted by atomic mass is 10.3. The number of nitrogens with zero attached hydrogens (tertiary/aromatic N) is 5. The first-order valence-electron chi connectivity index (χ1n) is 7.12. The van der Waals surface area contributed by atoms with Crippen molar-refractivity contribution in [2.24, 2.45) is 7.05 Å². The normalized spacial score (nSPS) is 11.5. The van der Waals surface area contributed by atoms with Crippen molar-refractivity contribution in [1.82, 2.24) is 24.3 Å². The van der Waals surface area contributed by atoms with Crippen LogP contribution in [0.1, 0.15) is 11.5 Å². The van der Waals surface area contributed by atoms with E-state index in [9.17, 15) is 4.79 Å². The molecule has 24 heavy (non-hydrogen) atoms. The summed E-state index contributed by atoms with van der Waals surface area (Å²) in [6.07, 6.45) is 3.04. The van der Waals surface area contributed by atoms with Crippen LogP contribution in [-0.2, 0) is 13.6 Å². The molecule has 4 aromatic rings. The van der Waals surface area contributed by atoms with Crippen molar-refractivity contribution in [2.75, 3.05) is 0 Å². The van der Waals surface area contributed by atoms with Gasteiger partial charge in [-0.05, 0) is 35.0 Å². The highest BCUT2D eigenvalue weighted by atomic mass is 79.9. The molecular weight excluding hydrogens is 378 g/mol. The second-order valence-electron chi connectivity index (χ2n) is 5.29. The second-order valence-corrected chi connectivity index (χ2v) is 6.04. The third-order valence-corrected chi connectivity index (χ3v) is 4.27. The number of halogens is 1. The van der Waals surface area contributed by atoms with E-state index < -0.39 is 0 Å². The molecule has 0 radical (unpaired) electrons. The lowest BCUT2D eigenvalue weighted by molar-refractivity contribution is 0.499. The standard InChI is InChI=1S/C15H12BrN5O3/c1-8-9(18-14(24-8)10-4-3-5-23-10)6-21-7-17-13-11(15(21)22)12(16)19-20(13)2/h3-5,7H,6H2,1-2H3. The number of fused-ring (bicyclic) bond motifs is 1. The molecule has 122 valence electrons. The van der Waals surface area contributed by atoms with Gasteiger partial charge in [-0.2, -0.15) is 5.10 Å². The molecule has 0 spiro atoms. The van der Waals surface area contributed by atoms with Gasteiger partial charge in [0.25, 0.3) is 11.4 Å². The number of hydrogen-bond donors (Lipinski definition) is 0. The molecule has 4 heterocycles. The van der Waals surface area contributed by atoms with Gasteiger partial charge in [0, 0.05) is 7.05 Å². The zero-order chi connectivity index (χ0) is 16.8. The molecule has 0 saturated carbocycles. The molecular formula is C15H12BrN5O3. The third-order valence-electron chi connectivity index (χ3n) is 3.71. The molecule has 0 unspecified atom stereocenters. The van der Waals surface area contributed by atoms with Crippen LogP contribution in [0, 0.1) is 6.92 Å². The van der Waals surface area contributed by atoms with Gasteiger partial charge in [0.2, 0.25) is 0 Å². The van der Waals surface area contributed by atoms with E-state index in [0.29, 0.717) is 38.7 Å². The Morgan fingerprint density at radius 2 is 2.21 bits per heavy atom. The average molecular weight is 390 g/mol. The van der Waals surface area contributed by atoms with Crippen molar-refractivity contribution in [3.63, 3.8) is 0 Å². The van der Waals surface area contributed by atoms with Gasteiger partial charge >= 0.3 is 0 Å². The van der Waals surface area contributed by atoms with Gasteiger partial charge in [0.15, 0.2) is 11.4 Å². The van der Waals surface area contributed by atoms with Crippen LogP contribution in [0.4, 0.5) is 0 Å². The van der Waals surface area contributed by atoms with Crippen molar-refractivity contribution in [1.29, 1.82) is 0 Å². The van der Waals surface area contributed by atoms with Gasteiger partial charge in [-0.25, -0.2) is 14.6 Å². The summed E-state index contributed by atoms with van der Waals surface area (Å²) in [7, 11) is 1.74.